The molecule has 100 valence electrons. The largest absolute Gasteiger partial charge is 0.409 e. The van der Waals surface area contributed by atoms with Gasteiger partial charge in [0.15, 0.2) is 5.84 Å². The van der Waals surface area contributed by atoms with Crippen molar-refractivity contribution in [2.75, 3.05) is 5.32 Å². The lowest BCUT2D eigenvalue weighted by molar-refractivity contribution is -0.119. The lowest BCUT2D eigenvalue weighted by Gasteiger charge is -2.18. The number of aryl methyl sites for hydroxylation is 2. The maximum Gasteiger partial charge on any atom is 0.235 e. The predicted molar refractivity (Wildman–Crippen MR) is 68.3 cm³/mol. The van der Waals surface area contributed by atoms with Gasteiger partial charge in [0.2, 0.25) is 5.91 Å². The average Bonchev–Trinajstić information content (AvgIpc) is 2.56. The molecule has 1 aromatic heterocycles. The fraction of sp³-hybridized carbons (Fsp3) is 0.545. The molecule has 1 heterocycles. The van der Waals surface area contributed by atoms with E-state index < -0.39 is 5.92 Å². The van der Waals surface area contributed by atoms with Gasteiger partial charge in [0.25, 0.3) is 0 Å². The third kappa shape index (κ3) is 2.99. The van der Waals surface area contributed by atoms with E-state index in [-0.39, 0.29) is 17.7 Å². The summed E-state index contributed by atoms with van der Waals surface area (Å²) in [5.41, 5.74) is 6.87. The summed E-state index contributed by atoms with van der Waals surface area (Å²) in [5, 5.41) is 18.5. The summed E-state index contributed by atoms with van der Waals surface area (Å²) >= 11 is 0. The first-order chi connectivity index (χ1) is 8.36. The highest BCUT2D eigenvalue weighted by atomic mass is 16.4. The molecule has 7 heteroatoms. The number of carbonyl (C=O) groups excluding carboxylic acids is 1. The molecule has 0 aliphatic rings. The summed E-state index contributed by atoms with van der Waals surface area (Å²) < 4.78 is 1.61. The molecule has 1 rings (SSSR count). The number of nitrogens with one attached hydrogen (secondary N) is 1. The summed E-state index contributed by atoms with van der Waals surface area (Å²) in [6.45, 7) is 5.46. The van der Waals surface area contributed by atoms with Crippen molar-refractivity contribution < 1.29 is 10.0 Å². The highest BCUT2D eigenvalue weighted by Gasteiger charge is 2.27. The Hall–Kier alpha value is -2.05. The molecular weight excluding hydrogens is 234 g/mol. The molecule has 0 radical (unpaired) electrons. The second kappa shape index (κ2) is 5.52. The standard InChI is InChI=1S/C11H19N5O2/c1-6(2)9(10(12)15-18)11(17)13-8-5-16(4)14-7(8)3/h5-6,9,18H,1-4H3,(H2,12,15)(H,13,17). The fourth-order valence-corrected chi connectivity index (χ4v) is 1.77. The van der Waals surface area contributed by atoms with Crippen molar-refractivity contribution in [1.82, 2.24) is 9.78 Å². The Labute approximate surface area is 106 Å². The van der Waals surface area contributed by atoms with Gasteiger partial charge in [0.1, 0.15) is 5.92 Å². The molecule has 4 N–H and O–H groups in total. The first-order valence-corrected chi connectivity index (χ1v) is 5.65. The molecule has 0 aromatic carbocycles. The van der Waals surface area contributed by atoms with E-state index >= 15 is 0 Å². The minimum absolute atomic E-state index is 0.0714. The summed E-state index contributed by atoms with van der Waals surface area (Å²) in [7, 11) is 1.77. The zero-order valence-electron chi connectivity index (χ0n) is 11.0. The topological polar surface area (TPSA) is 106 Å². The molecule has 18 heavy (non-hydrogen) atoms. The average molecular weight is 253 g/mol. The summed E-state index contributed by atoms with van der Waals surface area (Å²) in [6.07, 6.45) is 1.71. The zero-order chi connectivity index (χ0) is 13.9. The molecular formula is C11H19N5O2. The van der Waals surface area contributed by atoms with E-state index in [9.17, 15) is 4.79 Å². The number of oxime groups is 1. The number of amidine groups is 1. The summed E-state index contributed by atoms with van der Waals surface area (Å²) in [6, 6.07) is 0. The van der Waals surface area contributed by atoms with Crippen LogP contribution in [0, 0.1) is 18.8 Å². The van der Waals surface area contributed by atoms with Crippen molar-refractivity contribution in [1.29, 1.82) is 0 Å². The normalized spacial score (nSPS) is 13.7. The van der Waals surface area contributed by atoms with Gasteiger partial charge in [-0.05, 0) is 12.8 Å². The molecule has 0 aliphatic heterocycles. The Morgan fingerprint density at radius 1 is 1.61 bits per heavy atom. The maximum atomic E-state index is 12.1. The second-order valence-corrected chi connectivity index (χ2v) is 4.54. The molecule has 1 aromatic rings. The molecule has 1 unspecified atom stereocenters. The number of hydrogen-bond donors (Lipinski definition) is 3. The molecule has 0 spiro atoms. The Morgan fingerprint density at radius 2 is 2.22 bits per heavy atom. The van der Waals surface area contributed by atoms with Gasteiger partial charge in [-0.3, -0.25) is 9.48 Å². The van der Waals surface area contributed by atoms with Crippen molar-refractivity contribution in [3.63, 3.8) is 0 Å². The number of nitrogens with zero attached hydrogens (tertiary/aromatic N) is 3. The van der Waals surface area contributed by atoms with E-state index in [0.29, 0.717) is 11.4 Å². The Bertz CT molecular complexity index is 464. The van der Waals surface area contributed by atoms with Crippen molar-refractivity contribution in [3.05, 3.63) is 11.9 Å². The molecule has 0 aliphatic carbocycles. The van der Waals surface area contributed by atoms with Crippen LogP contribution in [0.2, 0.25) is 0 Å². The van der Waals surface area contributed by atoms with Crippen LogP contribution >= 0.6 is 0 Å². The van der Waals surface area contributed by atoms with E-state index in [4.69, 9.17) is 10.9 Å². The van der Waals surface area contributed by atoms with Gasteiger partial charge in [0.05, 0.1) is 11.4 Å². The van der Waals surface area contributed by atoms with Gasteiger partial charge in [-0.15, -0.1) is 0 Å². The van der Waals surface area contributed by atoms with Crippen LogP contribution in [0.3, 0.4) is 0 Å². The smallest absolute Gasteiger partial charge is 0.235 e. The number of nitrogens with two attached hydrogens (primary N) is 1. The van der Waals surface area contributed by atoms with Crippen LogP contribution in [0.1, 0.15) is 19.5 Å². The summed E-state index contributed by atoms with van der Waals surface area (Å²) in [5.74, 6) is -1.15. The lowest BCUT2D eigenvalue weighted by atomic mass is 9.94. The van der Waals surface area contributed by atoms with Crippen LogP contribution in [0.25, 0.3) is 0 Å². The van der Waals surface area contributed by atoms with Crippen LogP contribution in [0.5, 0.6) is 0 Å². The SMILES string of the molecule is Cc1nn(C)cc1NC(=O)C(C(N)=NO)C(C)C. The van der Waals surface area contributed by atoms with E-state index in [0.717, 1.165) is 0 Å². The fourth-order valence-electron chi connectivity index (χ4n) is 1.77. The summed E-state index contributed by atoms with van der Waals surface area (Å²) in [4.78, 5) is 12.1. The Kier molecular flexibility index (Phi) is 4.30. The van der Waals surface area contributed by atoms with Crippen LogP contribution in [-0.4, -0.2) is 26.7 Å². The van der Waals surface area contributed by atoms with Crippen molar-refractivity contribution in [3.8, 4) is 0 Å². The Morgan fingerprint density at radius 3 is 2.61 bits per heavy atom. The van der Waals surface area contributed by atoms with Gasteiger partial charge < -0.3 is 16.3 Å². The van der Waals surface area contributed by atoms with Crippen LogP contribution in [0.4, 0.5) is 5.69 Å². The molecule has 1 atom stereocenters. The number of carbonyl (C=O) groups is 1. The minimum atomic E-state index is -0.672. The second-order valence-electron chi connectivity index (χ2n) is 4.54. The van der Waals surface area contributed by atoms with Gasteiger partial charge in [0, 0.05) is 13.2 Å². The van der Waals surface area contributed by atoms with Gasteiger partial charge in [-0.1, -0.05) is 19.0 Å². The monoisotopic (exact) mass is 253 g/mol. The van der Waals surface area contributed by atoms with Crippen molar-refractivity contribution in [2.45, 2.75) is 20.8 Å². The van der Waals surface area contributed by atoms with Gasteiger partial charge >= 0.3 is 0 Å². The number of anilines is 1. The number of aromatic nitrogens is 2. The van der Waals surface area contributed by atoms with E-state index in [2.05, 4.69) is 15.6 Å². The third-order valence-electron chi connectivity index (χ3n) is 2.65. The number of amides is 1. The zero-order valence-corrected chi connectivity index (χ0v) is 11.0. The lowest BCUT2D eigenvalue weighted by Crippen LogP contribution is -2.38. The predicted octanol–water partition coefficient (Wildman–Crippen LogP) is 0.686. The first-order valence-electron chi connectivity index (χ1n) is 5.65. The van der Waals surface area contributed by atoms with E-state index in [1.807, 2.05) is 13.8 Å². The first kappa shape index (κ1) is 14.0. The van der Waals surface area contributed by atoms with Gasteiger partial charge in [-0.25, -0.2) is 0 Å². The van der Waals surface area contributed by atoms with Crippen LogP contribution in [0.15, 0.2) is 11.4 Å². The molecule has 0 saturated heterocycles. The van der Waals surface area contributed by atoms with Crippen molar-refractivity contribution in [2.24, 2.45) is 29.8 Å². The Balaban J connectivity index is 2.89. The minimum Gasteiger partial charge on any atom is -0.409 e. The number of rotatable bonds is 4. The van der Waals surface area contributed by atoms with E-state index in [1.165, 1.54) is 0 Å². The van der Waals surface area contributed by atoms with E-state index in [1.54, 1.807) is 24.9 Å². The molecule has 0 bridgehead atoms. The maximum absolute atomic E-state index is 12.1. The van der Waals surface area contributed by atoms with Crippen molar-refractivity contribution >= 4 is 17.4 Å². The highest BCUT2D eigenvalue weighted by Crippen LogP contribution is 2.17. The molecule has 0 fully saturated rings. The number of hydrogen-bond acceptors (Lipinski definition) is 4. The molecule has 0 saturated carbocycles. The quantitative estimate of drug-likeness (QED) is 0.317. The van der Waals surface area contributed by atoms with Crippen LogP contribution in [-0.2, 0) is 11.8 Å². The highest BCUT2D eigenvalue weighted by molar-refractivity contribution is 6.08. The van der Waals surface area contributed by atoms with Crippen LogP contribution < -0.4 is 11.1 Å². The third-order valence-corrected chi connectivity index (χ3v) is 2.65. The van der Waals surface area contributed by atoms with Gasteiger partial charge in [-0.2, -0.15) is 5.10 Å². The molecule has 7 nitrogen and oxygen atoms in total. The molecule has 1 amide bonds.